The zero-order valence-corrected chi connectivity index (χ0v) is 18.9. The molecule has 4 rings (SSSR count). The van der Waals surface area contributed by atoms with Gasteiger partial charge in [0.15, 0.2) is 5.78 Å². The zero-order chi connectivity index (χ0) is 23.0. The van der Waals surface area contributed by atoms with E-state index in [-0.39, 0.29) is 48.1 Å². The number of carbonyl (C=O) groups is 3. The Morgan fingerprint density at radius 3 is 2.48 bits per heavy atom. The molecule has 4 saturated carbocycles. The lowest BCUT2D eigenvalue weighted by molar-refractivity contribution is -0.246. The van der Waals surface area contributed by atoms with Crippen LogP contribution in [0.3, 0.4) is 0 Å². The van der Waals surface area contributed by atoms with Crippen molar-refractivity contribution < 1.29 is 34.1 Å². The first kappa shape index (κ1) is 22.5. The summed E-state index contributed by atoms with van der Waals surface area (Å²) in [6.07, 6.45) is 1.42. The van der Waals surface area contributed by atoms with E-state index >= 15 is 0 Å². The monoisotopic (exact) mass is 434 g/mol. The van der Waals surface area contributed by atoms with Crippen molar-refractivity contribution in [2.75, 3.05) is 6.61 Å². The number of fused-ring (bicyclic) bond motifs is 3. The highest BCUT2D eigenvalue weighted by atomic mass is 16.5. The van der Waals surface area contributed by atoms with Gasteiger partial charge < -0.3 is 19.7 Å². The van der Waals surface area contributed by atoms with Crippen LogP contribution in [0.5, 0.6) is 0 Å². The lowest BCUT2D eigenvalue weighted by Crippen LogP contribution is -2.68. The number of ether oxygens (including phenoxy) is 2. The molecule has 0 radical (unpaired) electrons. The molecule has 0 aromatic carbocycles. The van der Waals surface area contributed by atoms with E-state index in [0.717, 1.165) is 19.3 Å². The summed E-state index contributed by atoms with van der Waals surface area (Å²) >= 11 is 0. The number of esters is 2. The summed E-state index contributed by atoms with van der Waals surface area (Å²) in [5.74, 6) is -1.59. The molecule has 172 valence electrons. The molecule has 2 bridgehead atoms. The van der Waals surface area contributed by atoms with Gasteiger partial charge in [0.1, 0.15) is 6.10 Å². The van der Waals surface area contributed by atoms with Crippen molar-refractivity contribution >= 4 is 17.7 Å². The van der Waals surface area contributed by atoms with Gasteiger partial charge in [0.2, 0.25) is 0 Å². The highest BCUT2D eigenvalue weighted by molar-refractivity contribution is 6.05. The van der Waals surface area contributed by atoms with Crippen LogP contribution in [0.2, 0.25) is 0 Å². The fraction of sp³-hybridized carbons (Fsp3) is 0.792. The van der Waals surface area contributed by atoms with Crippen molar-refractivity contribution in [1.82, 2.24) is 0 Å². The summed E-state index contributed by atoms with van der Waals surface area (Å²) < 4.78 is 11.2. The van der Waals surface area contributed by atoms with Crippen LogP contribution in [0, 0.1) is 28.1 Å². The van der Waals surface area contributed by atoms with Crippen molar-refractivity contribution in [2.45, 2.75) is 84.0 Å². The number of rotatable bonds is 3. The van der Waals surface area contributed by atoms with Gasteiger partial charge in [0, 0.05) is 37.2 Å². The summed E-state index contributed by atoms with van der Waals surface area (Å²) in [6.45, 7) is 11.0. The Hall–Kier alpha value is -1.73. The number of hydrogen-bond acceptors (Lipinski definition) is 7. The van der Waals surface area contributed by atoms with Gasteiger partial charge in [0.05, 0.1) is 23.7 Å². The Bertz CT molecular complexity index is 851. The second-order valence-electron chi connectivity index (χ2n) is 11.0. The highest BCUT2D eigenvalue weighted by Gasteiger charge is 2.76. The predicted molar refractivity (Wildman–Crippen MR) is 111 cm³/mol. The molecule has 4 aliphatic rings. The third kappa shape index (κ3) is 2.95. The van der Waals surface area contributed by atoms with Gasteiger partial charge >= 0.3 is 11.9 Å². The Morgan fingerprint density at radius 1 is 1.19 bits per heavy atom. The molecule has 0 aromatic rings. The fourth-order valence-corrected chi connectivity index (χ4v) is 8.02. The summed E-state index contributed by atoms with van der Waals surface area (Å²) in [4.78, 5) is 37.1. The summed E-state index contributed by atoms with van der Waals surface area (Å²) in [5.41, 5.74) is -3.36. The standard InChI is InChI=1S/C24H34O7/c1-13-20(28)24-11-23(13,29)10-16(31-15(3)26)19(24)22(5)8-6-7-21(4,12-30-14(2)25)17(22)9-18(24)27/h16-19,27,29H,1,6-12H2,2-5H3. The van der Waals surface area contributed by atoms with Crippen molar-refractivity contribution in [3.8, 4) is 0 Å². The summed E-state index contributed by atoms with van der Waals surface area (Å²) in [6, 6.07) is 0. The quantitative estimate of drug-likeness (QED) is 0.518. The Labute approximate surface area is 183 Å². The first-order valence-electron chi connectivity index (χ1n) is 11.3. The molecule has 4 aliphatic carbocycles. The van der Waals surface area contributed by atoms with Crippen LogP contribution in [0.15, 0.2) is 12.2 Å². The highest BCUT2D eigenvalue weighted by Crippen LogP contribution is 2.72. The van der Waals surface area contributed by atoms with Gasteiger partial charge in [-0.05, 0) is 37.0 Å². The minimum atomic E-state index is -1.46. The van der Waals surface area contributed by atoms with Crippen molar-refractivity contribution in [3.05, 3.63) is 12.2 Å². The number of hydrogen-bond donors (Lipinski definition) is 2. The maximum Gasteiger partial charge on any atom is 0.302 e. The maximum atomic E-state index is 13.6. The van der Waals surface area contributed by atoms with Gasteiger partial charge in [-0.2, -0.15) is 0 Å². The number of Topliss-reactive ketones (excluding diaryl/α,β-unsaturated/α-hetero) is 1. The first-order valence-corrected chi connectivity index (χ1v) is 11.3. The number of aliphatic hydroxyl groups is 2. The molecule has 7 nitrogen and oxygen atoms in total. The Balaban J connectivity index is 1.84. The lowest BCUT2D eigenvalue weighted by Gasteiger charge is -2.66. The van der Waals surface area contributed by atoms with Crippen LogP contribution in [-0.4, -0.2) is 52.4 Å². The second-order valence-corrected chi connectivity index (χ2v) is 11.0. The van der Waals surface area contributed by atoms with E-state index in [4.69, 9.17) is 9.47 Å². The van der Waals surface area contributed by atoms with Gasteiger partial charge in [0.25, 0.3) is 0 Å². The molecule has 4 fully saturated rings. The average Bonchev–Trinajstić information content (AvgIpc) is 2.80. The van der Waals surface area contributed by atoms with E-state index < -0.39 is 40.5 Å². The molecule has 8 atom stereocenters. The fourth-order valence-electron chi connectivity index (χ4n) is 8.02. The normalized spacial score (nSPS) is 48.6. The molecule has 0 aliphatic heterocycles. The van der Waals surface area contributed by atoms with E-state index in [1.807, 2.05) is 0 Å². The largest absolute Gasteiger partial charge is 0.465 e. The van der Waals surface area contributed by atoms with Crippen molar-refractivity contribution in [3.63, 3.8) is 0 Å². The molecule has 0 aromatic heterocycles. The molecular weight excluding hydrogens is 400 g/mol. The molecule has 7 heteroatoms. The number of ketones is 1. The van der Waals surface area contributed by atoms with Crippen LogP contribution in [-0.2, 0) is 23.9 Å². The minimum absolute atomic E-state index is 0.0374. The van der Waals surface area contributed by atoms with Gasteiger partial charge in [-0.25, -0.2) is 0 Å². The van der Waals surface area contributed by atoms with E-state index in [1.54, 1.807) is 0 Å². The van der Waals surface area contributed by atoms with Gasteiger partial charge in [-0.1, -0.05) is 26.8 Å². The molecule has 1 spiro atoms. The SMILES string of the molecule is C=C1C(=O)C23CC1(O)CC(OC(C)=O)C2C1(C)CCCC(C)(COC(C)=O)C1CC3O. The van der Waals surface area contributed by atoms with E-state index in [1.165, 1.54) is 13.8 Å². The average molecular weight is 435 g/mol. The molecule has 31 heavy (non-hydrogen) atoms. The van der Waals surface area contributed by atoms with Crippen LogP contribution in [0.1, 0.15) is 66.2 Å². The molecule has 0 amide bonds. The van der Waals surface area contributed by atoms with Crippen LogP contribution in [0.4, 0.5) is 0 Å². The van der Waals surface area contributed by atoms with E-state index in [0.29, 0.717) is 6.42 Å². The summed E-state index contributed by atoms with van der Waals surface area (Å²) in [5, 5.41) is 22.7. The third-order valence-corrected chi connectivity index (χ3v) is 9.10. The van der Waals surface area contributed by atoms with Crippen LogP contribution in [0.25, 0.3) is 0 Å². The molecule has 2 N–H and O–H groups in total. The number of carbonyl (C=O) groups excluding carboxylic acids is 3. The van der Waals surface area contributed by atoms with Gasteiger partial charge in [-0.3, -0.25) is 14.4 Å². The predicted octanol–water partition coefficient (Wildman–Crippen LogP) is 2.32. The van der Waals surface area contributed by atoms with E-state index in [2.05, 4.69) is 20.4 Å². The molecular formula is C24H34O7. The van der Waals surface area contributed by atoms with Crippen molar-refractivity contribution in [2.24, 2.45) is 28.1 Å². The van der Waals surface area contributed by atoms with Gasteiger partial charge in [-0.15, -0.1) is 0 Å². The third-order valence-electron chi connectivity index (χ3n) is 9.10. The first-order chi connectivity index (χ1) is 14.3. The van der Waals surface area contributed by atoms with Crippen LogP contribution < -0.4 is 0 Å². The molecule has 8 unspecified atom stereocenters. The topological polar surface area (TPSA) is 110 Å². The van der Waals surface area contributed by atoms with E-state index in [9.17, 15) is 24.6 Å². The molecule has 0 saturated heterocycles. The molecule has 0 heterocycles. The zero-order valence-electron chi connectivity index (χ0n) is 18.9. The van der Waals surface area contributed by atoms with Crippen LogP contribution >= 0.6 is 0 Å². The minimum Gasteiger partial charge on any atom is -0.465 e. The second kappa shape index (κ2) is 6.88. The van der Waals surface area contributed by atoms with Crippen molar-refractivity contribution in [1.29, 1.82) is 0 Å². The lowest BCUT2D eigenvalue weighted by atomic mass is 9.39. The summed E-state index contributed by atoms with van der Waals surface area (Å²) in [7, 11) is 0. The maximum absolute atomic E-state index is 13.6. The Morgan fingerprint density at radius 2 is 1.87 bits per heavy atom. The number of aliphatic hydroxyl groups excluding tert-OH is 1. The smallest absolute Gasteiger partial charge is 0.302 e. The Kier molecular flexibility index (Phi) is 4.99.